The van der Waals surface area contributed by atoms with E-state index in [1.165, 1.54) is 18.2 Å². The summed E-state index contributed by atoms with van der Waals surface area (Å²) in [5, 5.41) is 13.1. The summed E-state index contributed by atoms with van der Waals surface area (Å²) in [4.78, 5) is 51.4. The van der Waals surface area contributed by atoms with E-state index in [1.54, 1.807) is 29.2 Å². The lowest BCUT2D eigenvalue weighted by Crippen LogP contribution is -2.37. The number of nitrogens with one attached hydrogen (secondary N) is 1. The van der Waals surface area contributed by atoms with Gasteiger partial charge in [-0.15, -0.1) is 0 Å². The first-order chi connectivity index (χ1) is 18.8. The highest BCUT2D eigenvalue weighted by Crippen LogP contribution is 2.27. The molecular weight excluding hydrogens is 504 g/mol. The SMILES string of the molecule is CCN(CC)c1ncc(N(CC)C(=O)COC)c(N[C@@H](Cc2ccc(OC(=O)N3CCCC3)cc2)C(=O)O)n1. The summed E-state index contributed by atoms with van der Waals surface area (Å²) in [7, 11) is 1.43. The number of carbonyl (C=O) groups is 3. The van der Waals surface area contributed by atoms with Crippen molar-refractivity contribution in [2.75, 3.05) is 61.6 Å². The predicted molar refractivity (Wildman–Crippen MR) is 148 cm³/mol. The number of hydrogen-bond acceptors (Lipinski definition) is 9. The highest BCUT2D eigenvalue weighted by molar-refractivity contribution is 5.97. The smallest absolute Gasteiger partial charge is 0.415 e. The molecule has 3 rings (SSSR count). The van der Waals surface area contributed by atoms with E-state index in [0.29, 0.717) is 50.1 Å². The van der Waals surface area contributed by atoms with Gasteiger partial charge in [0.05, 0.1) is 6.20 Å². The topological polar surface area (TPSA) is 137 Å². The van der Waals surface area contributed by atoms with E-state index in [1.807, 2.05) is 25.7 Å². The highest BCUT2D eigenvalue weighted by atomic mass is 16.6. The Morgan fingerprint density at radius 3 is 2.31 bits per heavy atom. The van der Waals surface area contributed by atoms with Crippen LogP contribution in [-0.4, -0.2) is 90.4 Å². The van der Waals surface area contributed by atoms with Gasteiger partial charge in [-0.1, -0.05) is 12.1 Å². The molecule has 0 saturated carbocycles. The summed E-state index contributed by atoms with van der Waals surface area (Å²) in [6.07, 6.45) is 3.21. The maximum atomic E-state index is 12.7. The quantitative estimate of drug-likeness (QED) is 0.388. The maximum absolute atomic E-state index is 12.7. The van der Waals surface area contributed by atoms with Crippen molar-refractivity contribution in [3.63, 3.8) is 0 Å². The van der Waals surface area contributed by atoms with Crippen molar-refractivity contribution in [2.24, 2.45) is 0 Å². The Labute approximate surface area is 228 Å². The Morgan fingerprint density at radius 1 is 1.08 bits per heavy atom. The third kappa shape index (κ3) is 7.79. The van der Waals surface area contributed by atoms with Crippen molar-refractivity contribution in [2.45, 2.75) is 46.1 Å². The molecule has 2 heterocycles. The number of nitrogens with zero attached hydrogens (tertiary/aromatic N) is 5. The van der Waals surface area contributed by atoms with Gasteiger partial charge in [-0.2, -0.15) is 4.98 Å². The number of rotatable bonds is 13. The molecule has 0 spiro atoms. The third-order valence-electron chi connectivity index (χ3n) is 6.52. The van der Waals surface area contributed by atoms with Crippen LogP contribution in [0.3, 0.4) is 0 Å². The molecule has 12 heteroatoms. The van der Waals surface area contributed by atoms with Crippen LogP contribution in [0.25, 0.3) is 0 Å². The Balaban J connectivity index is 1.83. The number of aromatic nitrogens is 2. The zero-order valence-corrected chi connectivity index (χ0v) is 23.1. The van der Waals surface area contributed by atoms with E-state index in [9.17, 15) is 19.5 Å². The molecule has 1 fully saturated rings. The van der Waals surface area contributed by atoms with Crippen LogP contribution >= 0.6 is 0 Å². The summed E-state index contributed by atoms with van der Waals surface area (Å²) in [5.41, 5.74) is 1.09. The highest BCUT2D eigenvalue weighted by Gasteiger charge is 2.25. The minimum atomic E-state index is -1.08. The zero-order chi connectivity index (χ0) is 28.4. The number of amides is 2. The van der Waals surface area contributed by atoms with Gasteiger partial charge in [-0.3, -0.25) is 4.79 Å². The fourth-order valence-electron chi connectivity index (χ4n) is 4.37. The Hall–Kier alpha value is -3.93. The maximum Gasteiger partial charge on any atom is 0.415 e. The third-order valence-corrected chi connectivity index (χ3v) is 6.52. The van der Waals surface area contributed by atoms with Gasteiger partial charge in [-0.05, 0) is 51.3 Å². The molecule has 1 aromatic carbocycles. The lowest BCUT2D eigenvalue weighted by molar-refractivity contribution is -0.137. The molecule has 1 atom stereocenters. The first-order valence-corrected chi connectivity index (χ1v) is 13.3. The van der Waals surface area contributed by atoms with E-state index < -0.39 is 12.0 Å². The van der Waals surface area contributed by atoms with Crippen LogP contribution in [0, 0.1) is 0 Å². The molecule has 2 N–H and O–H groups in total. The van der Waals surface area contributed by atoms with Gasteiger partial charge in [0.1, 0.15) is 24.1 Å². The van der Waals surface area contributed by atoms with Gasteiger partial charge >= 0.3 is 12.1 Å². The second-order valence-electron chi connectivity index (χ2n) is 9.09. The number of likely N-dealkylation sites (tertiary alicyclic amines) is 1. The number of anilines is 3. The standard InChI is InChI=1S/C27H38N6O6/c1-5-31(6-2)26-28-17-22(33(7-3)23(34)18-38-4)24(30-26)29-21(25(35)36)16-19-10-12-20(13-11-19)39-27(37)32-14-8-9-15-32/h10-13,17,21H,5-9,14-16,18H2,1-4H3,(H,35,36)(H,28,29,30)/t21-/m0/s1. The van der Waals surface area contributed by atoms with Crippen molar-refractivity contribution in [1.82, 2.24) is 14.9 Å². The number of carboxylic acid groups (broad SMARTS) is 1. The average molecular weight is 543 g/mol. The molecular formula is C27H38N6O6. The number of carbonyl (C=O) groups excluding carboxylic acids is 2. The molecule has 0 radical (unpaired) electrons. The molecule has 0 aliphatic carbocycles. The molecule has 2 amide bonds. The van der Waals surface area contributed by atoms with Crippen LogP contribution in [0.1, 0.15) is 39.2 Å². The van der Waals surface area contributed by atoms with E-state index >= 15 is 0 Å². The van der Waals surface area contributed by atoms with E-state index in [4.69, 9.17) is 9.47 Å². The van der Waals surface area contributed by atoms with E-state index in [-0.39, 0.29) is 30.8 Å². The van der Waals surface area contributed by atoms with Gasteiger partial charge < -0.3 is 34.6 Å². The average Bonchev–Trinajstić information content (AvgIpc) is 3.47. The number of methoxy groups -OCH3 is 1. The first kappa shape index (κ1) is 29.6. The lowest BCUT2D eigenvalue weighted by atomic mass is 10.1. The summed E-state index contributed by atoms with van der Waals surface area (Å²) < 4.78 is 10.5. The number of hydrogen-bond donors (Lipinski definition) is 2. The van der Waals surface area contributed by atoms with Crippen molar-refractivity contribution in [3.8, 4) is 5.75 Å². The van der Waals surface area contributed by atoms with Crippen LogP contribution in [-0.2, 0) is 20.7 Å². The van der Waals surface area contributed by atoms with Crippen LogP contribution in [0.2, 0.25) is 0 Å². The Bertz CT molecular complexity index is 1120. The number of carboxylic acids is 1. The number of ether oxygens (including phenoxy) is 2. The molecule has 1 aliphatic heterocycles. The van der Waals surface area contributed by atoms with Crippen molar-refractivity contribution in [1.29, 1.82) is 0 Å². The molecule has 1 aromatic heterocycles. The van der Waals surface area contributed by atoms with Gasteiger partial charge in [0.15, 0.2) is 5.82 Å². The van der Waals surface area contributed by atoms with Gasteiger partial charge in [-0.25, -0.2) is 14.6 Å². The molecule has 0 unspecified atom stereocenters. The van der Waals surface area contributed by atoms with E-state index in [0.717, 1.165) is 18.4 Å². The monoisotopic (exact) mass is 542 g/mol. The zero-order valence-electron chi connectivity index (χ0n) is 23.1. The number of likely N-dealkylation sites (N-methyl/N-ethyl adjacent to an activating group) is 1. The molecule has 1 aliphatic rings. The van der Waals surface area contributed by atoms with Gasteiger partial charge in [0.25, 0.3) is 5.91 Å². The van der Waals surface area contributed by atoms with Gasteiger partial charge in [0.2, 0.25) is 5.95 Å². The van der Waals surface area contributed by atoms with Crippen LogP contribution in [0.5, 0.6) is 5.75 Å². The summed E-state index contributed by atoms with van der Waals surface area (Å²) in [6, 6.07) is 5.70. The molecule has 2 aromatic rings. The fourth-order valence-corrected chi connectivity index (χ4v) is 4.37. The second kappa shape index (κ2) is 14.3. The van der Waals surface area contributed by atoms with Crippen LogP contribution in [0.15, 0.2) is 30.5 Å². The molecule has 39 heavy (non-hydrogen) atoms. The van der Waals surface area contributed by atoms with Crippen molar-refractivity contribution in [3.05, 3.63) is 36.0 Å². The minimum Gasteiger partial charge on any atom is -0.480 e. The fraction of sp³-hybridized carbons (Fsp3) is 0.519. The minimum absolute atomic E-state index is 0.123. The largest absolute Gasteiger partial charge is 0.480 e. The van der Waals surface area contributed by atoms with E-state index in [2.05, 4.69) is 15.3 Å². The molecule has 12 nitrogen and oxygen atoms in total. The number of aliphatic carboxylic acids is 1. The van der Waals surface area contributed by atoms with Crippen molar-refractivity contribution < 1.29 is 29.0 Å². The Morgan fingerprint density at radius 2 is 1.74 bits per heavy atom. The van der Waals surface area contributed by atoms with Crippen molar-refractivity contribution >= 4 is 35.4 Å². The summed E-state index contributed by atoms with van der Waals surface area (Å²) in [6.45, 7) is 8.64. The Kier molecular flexibility index (Phi) is 10.9. The molecule has 1 saturated heterocycles. The summed E-state index contributed by atoms with van der Waals surface area (Å²) >= 11 is 0. The molecule has 0 bridgehead atoms. The number of benzene rings is 1. The van der Waals surface area contributed by atoms with Gasteiger partial charge in [0, 0.05) is 46.3 Å². The normalized spacial score (nSPS) is 13.6. The summed E-state index contributed by atoms with van der Waals surface area (Å²) in [5.74, 6) is -0.322. The first-order valence-electron chi connectivity index (χ1n) is 13.3. The lowest BCUT2D eigenvalue weighted by Gasteiger charge is -2.26. The second-order valence-corrected chi connectivity index (χ2v) is 9.09. The predicted octanol–water partition coefficient (Wildman–Crippen LogP) is 3.02. The van der Waals surface area contributed by atoms with Crippen LogP contribution in [0.4, 0.5) is 22.2 Å². The van der Waals surface area contributed by atoms with Crippen LogP contribution < -0.4 is 19.9 Å². The molecule has 212 valence electrons.